The Morgan fingerprint density at radius 3 is 2.68 bits per heavy atom. The first-order valence-electron chi connectivity index (χ1n) is 5.75. The molecule has 0 bridgehead atoms. The van der Waals surface area contributed by atoms with E-state index in [9.17, 15) is 13.2 Å². The molecule has 0 radical (unpaired) electrons. The molecule has 1 aromatic rings. The minimum atomic E-state index is -3.81. The van der Waals surface area contributed by atoms with Crippen molar-refractivity contribution in [3.05, 3.63) is 36.5 Å². The molecule has 1 aromatic carbocycles. The van der Waals surface area contributed by atoms with Crippen LogP contribution in [0, 0.1) is 0 Å². The van der Waals surface area contributed by atoms with Gasteiger partial charge in [-0.15, -0.1) is 0 Å². The summed E-state index contributed by atoms with van der Waals surface area (Å²) in [5, 5.41) is 2.53. The number of allylic oxidation sites excluding steroid dienone is 1. The molecule has 1 fully saturated rings. The maximum atomic E-state index is 12.2. The Hall–Kier alpha value is -1.86. The lowest BCUT2D eigenvalue weighted by Crippen LogP contribution is -2.49. The number of anilines is 1. The van der Waals surface area contributed by atoms with Crippen molar-refractivity contribution in [1.29, 1.82) is 0 Å². The van der Waals surface area contributed by atoms with E-state index >= 15 is 0 Å². The number of nitrogens with two attached hydrogens (primary N) is 1. The van der Waals surface area contributed by atoms with Crippen LogP contribution in [0.3, 0.4) is 0 Å². The van der Waals surface area contributed by atoms with E-state index in [4.69, 9.17) is 5.73 Å². The third-order valence-corrected chi connectivity index (χ3v) is 4.40. The first-order chi connectivity index (χ1) is 8.90. The molecule has 1 aliphatic heterocycles. The zero-order valence-corrected chi connectivity index (χ0v) is 11.0. The molecule has 0 aromatic heterocycles. The second kappa shape index (κ2) is 5.02. The fraction of sp³-hybridized carbons (Fsp3) is 0.250. The summed E-state index contributed by atoms with van der Waals surface area (Å²) in [4.78, 5) is 11.6. The van der Waals surface area contributed by atoms with Crippen LogP contribution in [-0.2, 0) is 14.8 Å². The molecule has 0 saturated carbocycles. The summed E-state index contributed by atoms with van der Waals surface area (Å²) < 4.78 is 26.7. The van der Waals surface area contributed by atoms with E-state index in [1.807, 2.05) is 0 Å². The van der Waals surface area contributed by atoms with E-state index in [0.717, 1.165) is 0 Å². The fourth-order valence-corrected chi connectivity index (χ4v) is 3.22. The number of carbonyl (C=O) groups is 1. The maximum Gasteiger partial charge on any atom is 0.243 e. The largest absolute Gasteiger partial charge is 0.398 e. The summed E-state index contributed by atoms with van der Waals surface area (Å²) in [7, 11) is -3.81. The van der Waals surface area contributed by atoms with Crippen molar-refractivity contribution in [2.75, 3.05) is 5.73 Å². The van der Waals surface area contributed by atoms with Crippen LogP contribution in [0.1, 0.15) is 12.8 Å². The molecule has 0 spiro atoms. The minimum absolute atomic E-state index is 0.0211. The second-order valence-electron chi connectivity index (χ2n) is 4.34. The maximum absolute atomic E-state index is 12.2. The van der Waals surface area contributed by atoms with Crippen molar-refractivity contribution in [2.45, 2.75) is 23.8 Å². The smallest absolute Gasteiger partial charge is 0.243 e. The van der Waals surface area contributed by atoms with Crippen LogP contribution in [0.15, 0.2) is 41.4 Å². The molecule has 19 heavy (non-hydrogen) atoms. The molecular formula is C12H15N3O3S. The van der Waals surface area contributed by atoms with Gasteiger partial charge in [0.15, 0.2) is 0 Å². The van der Waals surface area contributed by atoms with E-state index < -0.39 is 22.0 Å². The lowest BCUT2D eigenvalue weighted by Gasteiger charge is -2.24. The van der Waals surface area contributed by atoms with Gasteiger partial charge in [-0.05, 0) is 25.0 Å². The van der Waals surface area contributed by atoms with Crippen LogP contribution in [0.2, 0.25) is 0 Å². The van der Waals surface area contributed by atoms with Gasteiger partial charge in [0.05, 0.1) is 5.69 Å². The van der Waals surface area contributed by atoms with Crippen LogP contribution >= 0.6 is 0 Å². The van der Waals surface area contributed by atoms with Crippen LogP contribution in [0.5, 0.6) is 0 Å². The van der Waals surface area contributed by atoms with Crippen molar-refractivity contribution in [2.24, 2.45) is 0 Å². The number of piperidine rings is 1. The second-order valence-corrected chi connectivity index (χ2v) is 6.03. The fourth-order valence-electron chi connectivity index (χ4n) is 1.86. The average Bonchev–Trinajstić information content (AvgIpc) is 2.33. The number of sulfonamides is 1. The van der Waals surface area contributed by atoms with Gasteiger partial charge in [0.2, 0.25) is 15.9 Å². The molecule has 1 aliphatic rings. The Bertz CT molecular complexity index is 625. The van der Waals surface area contributed by atoms with Crippen molar-refractivity contribution >= 4 is 21.6 Å². The lowest BCUT2D eigenvalue weighted by atomic mass is 10.1. The number of hydrogen-bond donors (Lipinski definition) is 3. The highest BCUT2D eigenvalue weighted by molar-refractivity contribution is 7.89. The quantitative estimate of drug-likeness (QED) is 0.695. The van der Waals surface area contributed by atoms with Crippen molar-refractivity contribution in [1.82, 2.24) is 10.0 Å². The zero-order chi connectivity index (χ0) is 14.0. The van der Waals surface area contributed by atoms with Crippen LogP contribution in [-0.4, -0.2) is 20.4 Å². The molecular weight excluding hydrogens is 266 g/mol. The van der Waals surface area contributed by atoms with E-state index in [2.05, 4.69) is 16.6 Å². The molecule has 4 N–H and O–H groups in total. The Balaban J connectivity index is 2.21. The van der Waals surface area contributed by atoms with Gasteiger partial charge >= 0.3 is 0 Å². The SMILES string of the molecule is C=C1CCC(NS(=O)(=O)c2ccccc2N)C(=O)N1. The number of hydrogen-bond acceptors (Lipinski definition) is 4. The summed E-state index contributed by atoms with van der Waals surface area (Å²) in [6, 6.07) is 5.32. The molecule has 6 nitrogen and oxygen atoms in total. The van der Waals surface area contributed by atoms with Crippen LogP contribution < -0.4 is 15.8 Å². The van der Waals surface area contributed by atoms with E-state index in [1.54, 1.807) is 12.1 Å². The zero-order valence-electron chi connectivity index (χ0n) is 10.2. The monoisotopic (exact) mass is 281 g/mol. The third kappa shape index (κ3) is 2.94. The van der Waals surface area contributed by atoms with E-state index in [1.165, 1.54) is 12.1 Å². The predicted molar refractivity (Wildman–Crippen MR) is 71.5 cm³/mol. The molecule has 2 rings (SSSR count). The van der Waals surface area contributed by atoms with Gasteiger partial charge in [-0.3, -0.25) is 4.79 Å². The van der Waals surface area contributed by atoms with Gasteiger partial charge in [-0.1, -0.05) is 18.7 Å². The number of nitrogen functional groups attached to an aromatic ring is 1. The first-order valence-corrected chi connectivity index (χ1v) is 7.24. The first kappa shape index (κ1) is 13.6. The normalized spacial score (nSPS) is 20.1. The number of rotatable bonds is 3. The summed E-state index contributed by atoms with van der Waals surface area (Å²) in [5.41, 5.74) is 6.38. The molecule has 102 valence electrons. The lowest BCUT2D eigenvalue weighted by molar-refractivity contribution is -0.123. The Labute approximate surface area is 111 Å². The molecule has 1 saturated heterocycles. The van der Waals surface area contributed by atoms with Gasteiger partial charge in [-0.2, -0.15) is 4.72 Å². The third-order valence-electron chi connectivity index (χ3n) is 2.86. The number of para-hydroxylation sites is 1. The average molecular weight is 281 g/mol. The molecule has 0 aliphatic carbocycles. The number of nitrogens with one attached hydrogen (secondary N) is 2. The minimum Gasteiger partial charge on any atom is -0.398 e. The summed E-state index contributed by atoms with van der Waals surface area (Å²) >= 11 is 0. The number of carbonyl (C=O) groups excluding carboxylic acids is 1. The molecule has 1 unspecified atom stereocenters. The molecule has 1 atom stereocenters. The van der Waals surface area contributed by atoms with Crippen molar-refractivity contribution in [3.8, 4) is 0 Å². The van der Waals surface area contributed by atoms with Gasteiger partial charge in [0.25, 0.3) is 0 Å². The molecule has 1 amide bonds. The van der Waals surface area contributed by atoms with Crippen molar-refractivity contribution < 1.29 is 13.2 Å². The van der Waals surface area contributed by atoms with Gasteiger partial charge in [0.1, 0.15) is 10.9 Å². The van der Waals surface area contributed by atoms with Gasteiger partial charge in [-0.25, -0.2) is 8.42 Å². The topological polar surface area (TPSA) is 101 Å². The Morgan fingerprint density at radius 1 is 1.37 bits per heavy atom. The van der Waals surface area contributed by atoms with Gasteiger partial charge in [0, 0.05) is 5.70 Å². The number of amides is 1. The van der Waals surface area contributed by atoms with Crippen molar-refractivity contribution in [3.63, 3.8) is 0 Å². The highest BCUT2D eigenvalue weighted by Crippen LogP contribution is 2.19. The Morgan fingerprint density at radius 2 is 2.05 bits per heavy atom. The summed E-state index contributed by atoms with van der Waals surface area (Å²) in [6.07, 6.45) is 0.930. The molecule has 1 heterocycles. The molecule has 7 heteroatoms. The van der Waals surface area contributed by atoms with E-state index in [-0.39, 0.29) is 10.6 Å². The highest BCUT2D eigenvalue weighted by atomic mass is 32.2. The predicted octanol–water partition coefficient (Wildman–Crippen LogP) is 0.339. The van der Waals surface area contributed by atoms with E-state index in [0.29, 0.717) is 18.5 Å². The van der Waals surface area contributed by atoms with Crippen LogP contribution in [0.4, 0.5) is 5.69 Å². The summed E-state index contributed by atoms with van der Waals surface area (Å²) in [6.45, 7) is 3.64. The highest BCUT2D eigenvalue weighted by Gasteiger charge is 2.29. The standard InChI is InChI=1S/C12H15N3O3S/c1-8-6-7-10(12(16)14-8)15-19(17,18)11-5-3-2-4-9(11)13/h2-5,10,15H,1,6-7,13H2,(H,14,16). The van der Waals surface area contributed by atoms with Gasteiger partial charge < -0.3 is 11.1 Å². The summed E-state index contributed by atoms with van der Waals surface area (Å²) in [5.74, 6) is -0.394. The number of benzene rings is 1. The van der Waals surface area contributed by atoms with Crippen LogP contribution in [0.25, 0.3) is 0 Å². The Kier molecular flexibility index (Phi) is 3.59.